The molecule has 0 atom stereocenters. The predicted octanol–water partition coefficient (Wildman–Crippen LogP) is 3.39. The molecular weight excluding hydrogens is 521 g/mol. The quantitative estimate of drug-likeness (QED) is 0.345. The molecule has 178 valence electrons. The molecule has 10 heteroatoms. The maximum atomic E-state index is 12.4. The van der Waals surface area contributed by atoms with Crippen molar-refractivity contribution in [3.05, 3.63) is 30.2 Å². The molecule has 32 heavy (non-hydrogen) atoms. The van der Waals surface area contributed by atoms with Crippen LogP contribution in [-0.2, 0) is 11.3 Å². The number of rotatable bonds is 5. The molecule has 2 aromatic rings. The molecule has 1 aliphatic heterocycles. The lowest BCUT2D eigenvalue weighted by Crippen LogP contribution is -2.47. The van der Waals surface area contributed by atoms with E-state index in [-0.39, 0.29) is 30.1 Å². The summed E-state index contributed by atoms with van der Waals surface area (Å²) in [6.07, 6.45) is 3.75. The summed E-state index contributed by atoms with van der Waals surface area (Å²) in [5.41, 5.74) is 0.363. The second-order valence-electron chi connectivity index (χ2n) is 8.90. The van der Waals surface area contributed by atoms with Crippen molar-refractivity contribution in [1.29, 1.82) is 0 Å². The smallest absolute Gasteiger partial charge is 0.410 e. The SMILES string of the molecule is CCN(CC1CCN(C(=NC)NCc2nnc3ccccn23)CC1)C(=O)OC(C)(C)C.I. The number of likely N-dealkylation sites (tertiary alicyclic amines) is 1. The average Bonchev–Trinajstić information content (AvgIpc) is 3.15. The van der Waals surface area contributed by atoms with Crippen LogP contribution in [0.25, 0.3) is 5.65 Å². The highest BCUT2D eigenvalue weighted by molar-refractivity contribution is 14.0. The lowest BCUT2D eigenvalue weighted by atomic mass is 9.96. The minimum atomic E-state index is -0.471. The molecule has 2 aromatic heterocycles. The molecule has 9 nitrogen and oxygen atoms in total. The first-order chi connectivity index (χ1) is 14.8. The highest BCUT2D eigenvalue weighted by Crippen LogP contribution is 2.20. The van der Waals surface area contributed by atoms with Crippen molar-refractivity contribution < 1.29 is 9.53 Å². The van der Waals surface area contributed by atoms with Crippen molar-refractivity contribution >= 4 is 41.7 Å². The zero-order chi connectivity index (χ0) is 22.4. The molecule has 0 saturated carbocycles. The van der Waals surface area contributed by atoms with Crippen molar-refractivity contribution in [3.63, 3.8) is 0 Å². The number of aromatic nitrogens is 3. The number of aliphatic imine (C=N–C) groups is 1. The summed E-state index contributed by atoms with van der Waals surface area (Å²) in [4.78, 5) is 21.0. The molecule has 0 radical (unpaired) electrons. The Morgan fingerprint density at radius 1 is 1.28 bits per heavy atom. The van der Waals surface area contributed by atoms with E-state index < -0.39 is 5.60 Å². The van der Waals surface area contributed by atoms with Gasteiger partial charge in [-0.05, 0) is 58.6 Å². The molecule has 1 fully saturated rings. The summed E-state index contributed by atoms with van der Waals surface area (Å²) < 4.78 is 7.52. The van der Waals surface area contributed by atoms with Gasteiger partial charge in [0.25, 0.3) is 0 Å². The summed E-state index contributed by atoms with van der Waals surface area (Å²) in [7, 11) is 1.80. The van der Waals surface area contributed by atoms with Crippen molar-refractivity contribution in [3.8, 4) is 0 Å². The predicted molar refractivity (Wildman–Crippen MR) is 136 cm³/mol. The second kappa shape index (κ2) is 11.7. The number of ether oxygens (including phenoxy) is 1. The Kier molecular flexibility index (Phi) is 9.53. The van der Waals surface area contributed by atoms with Crippen LogP contribution in [0.15, 0.2) is 29.4 Å². The highest BCUT2D eigenvalue weighted by atomic mass is 127. The van der Waals surface area contributed by atoms with Gasteiger partial charge in [0, 0.05) is 39.4 Å². The normalized spacial score (nSPS) is 15.4. The van der Waals surface area contributed by atoms with Gasteiger partial charge in [0.1, 0.15) is 5.60 Å². The number of nitrogens with one attached hydrogen (secondary N) is 1. The van der Waals surface area contributed by atoms with Crippen LogP contribution in [0.1, 0.15) is 46.4 Å². The number of hydrogen-bond acceptors (Lipinski definition) is 5. The Bertz CT molecular complexity index is 901. The number of nitrogens with zero attached hydrogens (tertiary/aromatic N) is 6. The molecule has 0 bridgehead atoms. The number of hydrogen-bond donors (Lipinski definition) is 1. The van der Waals surface area contributed by atoms with Gasteiger partial charge < -0.3 is 19.9 Å². The van der Waals surface area contributed by atoms with Crippen LogP contribution in [0.4, 0.5) is 4.79 Å². The topological polar surface area (TPSA) is 87.4 Å². The number of guanidine groups is 1. The van der Waals surface area contributed by atoms with Gasteiger partial charge in [-0.1, -0.05) is 6.07 Å². The van der Waals surface area contributed by atoms with Crippen LogP contribution in [0, 0.1) is 5.92 Å². The zero-order valence-electron chi connectivity index (χ0n) is 19.7. The lowest BCUT2D eigenvalue weighted by molar-refractivity contribution is 0.0214. The van der Waals surface area contributed by atoms with Gasteiger partial charge in [0.2, 0.25) is 0 Å². The van der Waals surface area contributed by atoms with Crippen LogP contribution in [0.2, 0.25) is 0 Å². The van der Waals surface area contributed by atoms with Gasteiger partial charge in [0.15, 0.2) is 17.4 Å². The summed E-state index contributed by atoms with van der Waals surface area (Å²) in [5, 5.41) is 11.9. The van der Waals surface area contributed by atoms with Crippen LogP contribution in [-0.4, -0.2) is 75.3 Å². The Morgan fingerprint density at radius 3 is 2.62 bits per heavy atom. The molecule has 3 heterocycles. The van der Waals surface area contributed by atoms with Crippen molar-refractivity contribution in [1.82, 2.24) is 29.7 Å². The number of carbonyl (C=O) groups excluding carboxylic acids is 1. The Balaban J connectivity index is 0.00000363. The fourth-order valence-corrected chi connectivity index (χ4v) is 3.80. The molecular formula is C22H36IN7O2. The van der Waals surface area contributed by atoms with E-state index in [9.17, 15) is 4.79 Å². The van der Waals surface area contributed by atoms with Crippen LogP contribution < -0.4 is 5.32 Å². The average molecular weight is 557 g/mol. The van der Waals surface area contributed by atoms with E-state index in [1.165, 1.54) is 0 Å². The molecule has 0 spiro atoms. The molecule has 0 aliphatic carbocycles. The van der Waals surface area contributed by atoms with Gasteiger partial charge in [0.05, 0.1) is 6.54 Å². The standard InChI is InChI=1S/C22H35N7O2.HI/c1-6-27(21(30)31-22(2,3)4)16-17-10-13-28(14-11-17)20(23-5)24-15-19-26-25-18-9-7-8-12-29(18)19;/h7-9,12,17H,6,10-11,13-16H2,1-5H3,(H,23,24);1H. The Hall–Kier alpha value is -2.11. The second-order valence-corrected chi connectivity index (χ2v) is 8.90. The summed E-state index contributed by atoms with van der Waals surface area (Å²) >= 11 is 0. The molecule has 0 unspecified atom stereocenters. The van der Waals surface area contributed by atoms with E-state index in [1.807, 2.05) is 61.4 Å². The number of carbonyl (C=O) groups is 1. The molecule has 1 saturated heterocycles. The maximum absolute atomic E-state index is 12.4. The van der Waals surface area contributed by atoms with Crippen molar-refractivity contribution in [2.75, 3.05) is 33.2 Å². The first kappa shape index (κ1) is 26.1. The monoisotopic (exact) mass is 557 g/mol. The summed E-state index contributed by atoms with van der Waals surface area (Å²) in [6, 6.07) is 5.86. The van der Waals surface area contributed by atoms with Crippen LogP contribution in [0.3, 0.4) is 0 Å². The minimum absolute atomic E-state index is 0. The van der Waals surface area contributed by atoms with Gasteiger partial charge in [-0.3, -0.25) is 9.39 Å². The minimum Gasteiger partial charge on any atom is -0.444 e. The third-order valence-electron chi connectivity index (χ3n) is 5.43. The lowest BCUT2D eigenvalue weighted by Gasteiger charge is -2.36. The molecule has 1 amide bonds. The first-order valence-electron chi connectivity index (χ1n) is 11.0. The van der Waals surface area contributed by atoms with Gasteiger partial charge in [-0.15, -0.1) is 34.2 Å². The summed E-state index contributed by atoms with van der Waals surface area (Å²) in [6.45, 7) is 11.4. The number of pyridine rings is 1. The third kappa shape index (κ3) is 6.94. The molecule has 1 N–H and O–H groups in total. The van der Waals surface area contributed by atoms with E-state index in [0.717, 1.165) is 49.9 Å². The highest BCUT2D eigenvalue weighted by Gasteiger charge is 2.27. The van der Waals surface area contributed by atoms with E-state index in [4.69, 9.17) is 4.74 Å². The third-order valence-corrected chi connectivity index (χ3v) is 5.43. The largest absolute Gasteiger partial charge is 0.444 e. The fraction of sp³-hybridized carbons (Fsp3) is 0.636. The molecule has 1 aliphatic rings. The first-order valence-corrected chi connectivity index (χ1v) is 11.0. The molecule has 3 rings (SSSR count). The van der Waals surface area contributed by atoms with E-state index >= 15 is 0 Å². The maximum Gasteiger partial charge on any atom is 0.410 e. The Morgan fingerprint density at radius 2 is 2.00 bits per heavy atom. The van der Waals surface area contributed by atoms with Crippen molar-refractivity contribution in [2.24, 2.45) is 10.9 Å². The van der Waals surface area contributed by atoms with Gasteiger partial charge in [-0.25, -0.2) is 4.79 Å². The molecule has 0 aromatic carbocycles. The van der Waals surface area contributed by atoms with Crippen molar-refractivity contribution in [2.45, 2.75) is 52.7 Å². The number of fused-ring (bicyclic) bond motifs is 1. The van der Waals surface area contributed by atoms with Gasteiger partial charge >= 0.3 is 6.09 Å². The van der Waals surface area contributed by atoms with E-state index in [0.29, 0.717) is 19.0 Å². The zero-order valence-corrected chi connectivity index (χ0v) is 22.1. The van der Waals surface area contributed by atoms with E-state index in [2.05, 4.69) is 25.4 Å². The number of piperidine rings is 1. The van der Waals surface area contributed by atoms with Gasteiger partial charge in [-0.2, -0.15) is 0 Å². The van der Waals surface area contributed by atoms with E-state index in [1.54, 1.807) is 7.05 Å². The Labute approximate surface area is 207 Å². The fourth-order valence-electron chi connectivity index (χ4n) is 3.80. The summed E-state index contributed by atoms with van der Waals surface area (Å²) in [5.74, 6) is 2.18. The number of amides is 1. The number of halogens is 1. The van der Waals surface area contributed by atoms with Crippen LogP contribution >= 0.6 is 24.0 Å². The van der Waals surface area contributed by atoms with Crippen LogP contribution in [0.5, 0.6) is 0 Å².